The number of aryl methyl sites for hydroxylation is 1. The lowest BCUT2D eigenvalue weighted by Gasteiger charge is -2.15. The molecular weight excluding hydrogens is 318 g/mol. The molecule has 1 aliphatic carbocycles. The summed E-state index contributed by atoms with van der Waals surface area (Å²) in [4.78, 5) is 0. The first kappa shape index (κ1) is 15.5. The van der Waals surface area contributed by atoms with E-state index in [0.29, 0.717) is 10.5 Å². The highest BCUT2D eigenvalue weighted by atomic mass is 35.5. The van der Waals surface area contributed by atoms with Crippen molar-refractivity contribution in [3.05, 3.63) is 87.9 Å². The molecule has 4 rings (SSSR count). The Labute approximate surface area is 146 Å². The molecule has 0 bridgehead atoms. The Bertz CT molecular complexity index is 919. The first-order chi connectivity index (χ1) is 11.5. The van der Waals surface area contributed by atoms with Crippen molar-refractivity contribution in [1.82, 2.24) is 0 Å². The number of rotatable bonds is 2. The van der Waals surface area contributed by atoms with Gasteiger partial charge in [0.1, 0.15) is 0 Å². The minimum Gasteiger partial charge on any atom is -0.423 e. The van der Waals surface area contributed by atoms with E-state index >= 15 is 0 Å². The lowest BCUT2D eigenvalue weighted by molar-refractivity contribution is 0.425. The van der Waals surface area contributed by atoms with E-state index in [9.17, 15) is 10.0 Å². The maximum atomic E-state index is 9.54. The molecule has 3 aromatic rings. The zero-order chi connectivity index (χ0) is 16.8. The Balaban J connectivity index is 1.97. The largest absolute Gasteiger partial charge is 0.488 e. The van der Waals surface area contributed by atoms with Gasteiger partial charge >= 0.3 is 7.12 Å². The molecule has 118 valence electrons. The van der Waals surface area contributed by atoms with Gasteiger partial charge in [0, 0.05) is 10.9 Å². The van der Waals surface area contributed by atoms with Crippen LogP contribution in [-0.4, -0.2) is 17.2 Å². The quantitative estimate of drug-likeness (QED) is 0.551. The predicted octanol–water partition coefficient (Wildman–Crippen LogP) is 3.49. The molecule has 0 fully saturated rings. The average molecular weight is 335 g/mol. The molecule has 0 amide bonds. The molecule has 0 saturated carbocycles. The molecule has 1 unspecified atom stereocenters. The molecular formula is C20H16BClO2. The van der Waals surface area contributed by atoms with Crippen LogP contribution >= 0.6 is 11.6 Å². The van der Waals surface area contributed by atoms with Crippen LogP contribution in [-0.2, 0) is 0 Å². The molecule has 1 atom stereocenters. The zero-order valence-corrected chi connectivity index (χ0v) is 14.0. The highest BCUT2D eigenvalue weighted by molar-refractivity contribution is 6.58. The third-order valence-corrected chi connectivity index (χ3v) is 4.95. The van der Waals surface area contributed by atoms with E-state index in [1.54, 1.807) is 6.07 Å². The van der Waals surface area contributed by atoms with E-state index in [-0.39, 0.29) is 5.92 Å². The van der Waals surface area contributed by atoms with Crippen molar-refractivity contribution in [2.45, 2.75) is 12.8 Å². The summed E-state index contributed by atoms with van der Waals surface area (Å²) in [6.07, 6.45) is 0. The monoisotopic (exact) mass is 334 g/mol. The van der Waals surface area contributed by atoms with Crippen LogP contribution in [0.25, 0.3) is 11.1 Å². The minimum atomic E-state index is -1.47. The average Bonchev–Trinajstić information content (AvgIpc) is 2.88. The molecule has 0 aromatic heterocycles. The van der Waals surface area contributed by atoms with Gasteiger partial charge < -0.3 is 10.0 Å². The number of hydrogen-bond donors (Lipinski definition) is 2. The van der Waals surface area contributed by atoms with Gasteiger partial charge in [-0.1, -0.05) is 65.7 Å². The fraction of sp³-hybridized carbons (Fsp3) is 0.100. The van der Waals surface area contributed by atoms with Crippen molar-refractivity contribution in [1.29, 1.82) is 0 Å². The second-order valence-corrected chi connectivity index (χ2v) is 6.73. The summed E-state index contributed by atoms with van der Waals surface area (Å²) in [6.45, 7) is 2.07. The molecule has 0 radical (unpaired) electrons. The van der Waals surface area contributed by atoms with E-state index in [4.69, 9.17) is 11.6 Å². The van der Waals surface area contributed by atoms with E-state index in [1.165, 1.54) is 11.1 Å². The molecule has 2 N–H and O–H groups in total. The molecule has 0 saturated heterocycles. The second kappa shape index (κ2) is 5.78. The fourth-order valence-corrected chi connectivity index (χ4v) is 3.71. The SMILES string of the molecule is Cc1ccc(C2c3cc(Cl)ccc3-c3ccc(B(O)O)cc32)cc1. The van der Waals surface area contributed by atoms with Crippen LogP contribution in [0.1, 0.15) is 28.2 Å². The van der Waals surface area contributed by atoms with E-state index in [1.807, 2.05) is 30.3 Å². The van der Waals surface area contributed by atoms with Gasteiger partial charge in [-0.05, 0) is 52.3 Å². The molecule has 3 aromatic carbocycles. The van der Waals surface area contributed by atoms with E-state index < -0.39 is 7.12 Å². The van der Waals surface area contributed by atoms with Crippen molar-refractivity contribution in [2.75, 3.05) is 0 Å². The molecule has 0 aliphatic heterocycles. The number of benzene rings is 3. The van der Waals surface area contributed by atoms with Gasteiger partial charge in [-0.15, -0.1) is 0 Å². The summed E-state index contributed by atoms with van der Waals surface area (Å²) in [5.41, 5.74) is 7.41. The lowest BCUT2D eigenvalue weighted by atomic mass is 9.77. The van der Waals surface area contributed by atoms with Gasteiger partial charge in [-0.2, -0.15) is 0 Å². The van der Waals surface area contributed by atoms with Gasteiger partial charge in [0.05, 0.1) is 0 Å². The van der Waals surface area contributed by atoms with Crippen molar-refractivity contribution in [2.24, 2.45) is 0 Å². The summed E-state index contributed by atoms with van der Waals surface area (Å²) < 4.78 is 0. The van der Waals surface area contributed by atoms with Crippen LogP contribution in [0, 0.1) is 6.92 Å². The number of hydrogen-bond acceptors (Lipinski definition) is 2. The third kappa shape index (κ3) is 2.46. The van der Waals surface area contributed by atoms with Gasteiger partial charge in [0.25, 0.3) is 0 Å². The Morgan fingerprint density at radius 2 is 1.46 bits per heavy atom. The smallest absolute Gasteiger partial charge is 0.423 e. The fourth-order valence-electron chi connectivity index (χ4n) is 3.53. The van der Waals surface area contributed by atoms with Gasteiger partial charge in [-0.3, -0.25) is 0 Å². The lowest BCUT2D eigenvalue weighted by Crippen LogP contribution is -2.30. The maximum Gasteiger partial charge on any atom is 0.488 e. The van der Waals surface area contributed by atoms with E-state index in [0.717, 1.165) is 22.3 Å². The van der Waals surface area contributed by atoms with E-state index in [2.05, 4.69) is 31.2 Å². The standard InChI is InChI=1S/C20H16BClO2/c1-12-2-4-13(5-3-12)20-18-10-14(21(23)24)6-8-16(18)17-9-7-15(22)11-19(17)20/h2-11,20,23-24H,1H3. The third-order valence-electron chi connectivity index (χ3n) is 4.71. The normalized spacial score (nSPS) is 15.1. The highest BCUT2D eigenvalue weighted by Gasteiger charge is 2.31. The summed E-state index contributed by atoms with van der Waals surface area (Å²) in [7, 11) is -1.47. The van der Waals surface area contributed by atoms with Gasteiger partial charge in [-0.25, -0.2) is 0 Å². The van der Waals surface area contributed by atoms with Gasteiger partial charge in [0.15, 0.2) is 0 Å². The summed E-state index contributed by atoms with van der Waals surface area (Å²) in [5.74, 6) is 0.0491. The highest BCUT2D eigenvalue weighted by Crippen LogP contribution is 2.48. The molecule has 2 nitrogen and oxygen atoms in total. The van der Waals surface area contributed by atoms with Crippen molar-refractivity contribution in [3.8, 4) is 11.1 Å². The van der Waals surface area contributed by atoms with Crippen molar-refractivity contribution >= 4 is 24.2 Å². The second-order valence-electron chi connectivity index (χ2n) is 6.30. The van der Waals surface area contributed by atoms with Crippen LogP contribution in [0.3, 0.4) is 0 Å². The topological polar surface area (TPSA) is 40.5 Å². The first-order valence-electron chi connectivity index (χ1n) is 7.91. The molecule has 1 aliphatic rings. The van der Waals surface area contributed by atoms with Gasteiger partial charge in [0.2, 0.25) is 0 Å². The molecule has 4 heteroatoms. The predicted molar refractivity (Wildman–Crippen MR) is 98.8 cm³/mol. The Morgan fingerprint density at radius 3 is 2.12 bits per heavy atom. The summed E-state index contributed by atoms with van der Waals surface area (Å²) >= 11 is 6.25. The summed E-state index contributed by atoms with van der Waals surface area (Å²) in [6, 6.07) is 20.0. The minimum absolute atomic E-state index is 0.0491. The van der Waals surface area contributed by atoms with Crippen molar-refractivity contribution < 1.29 is 10.0 Å². The molecule has 0 spiro atoms. The van der Waals surface area contributed by atoms with Crippen LogP contribution in [0.4, 0.5) is 0 Å². The molecule has 24 heavy (non-hydrogen) atoms. The Morgan fingerprint density at radius 1 is 0.833 bits per heavy atom. The molecule has 0 heterocycles. The Kier molecular flexibility index (Phi) is 3.72. The van der Waals surface area contributed by atoms with Crippen LogP contribution in [0.15, 0.2) is 60.7 Å². The maximum absolute atomic E-state index is 9.54. The van der Waals surface area contributed by atoms with Crippen molar-refractivity contribution in [3.63, 3.8) is 0 Å². The number of fused-ring (bicyclic) bond motifs is 3. The Hall–Kier alpha value is -2.07. The number of halogens is 1. The summed E-state index contributed by atoms with van der Waals surface area (Å²) in [5, 5.41) is 19.8. The zero-order valence-electron chi connectivity index (χ0n) is 13.2. The first-order valence-corrected chi connectivity index (χ1v) is 8.29. The van der Waals surface area contributed by atoms with Crippen LogP contribution < -0.4 is 5.46 Å². The van der Waals surface area contributed by atoms with Crippen LogP contribution in [0.2, 0.25) is 5.02 Å². The van der Waals surface area contributed by atoms with Crippen LogP contribution in [0.5, 0.6) is 0 Å².